The standard InChI is InChI=1S/C14H23N3/c1-14(2,3)11-17(4)13(15)16-10-12-8-6-5-7-9-12/h5-9H,10-11H2,1-4H3,(H2,15,16). The Bertz CT molecular complexity index is 363. The minimum atomic E-state index is 0.224. The molecule has 0 atom stereocenters. The molecule has 0 heterocycles. The molecule has 0 saturated carbocycles. The summed E-state index contributed by atoms with van der Waals surface area (Å²) in [5.74, 6) is 0.601. The second-order valence-corrected chi connectivity index (χ2v) is 5.58. The minimum Gasteiger partial charge on any atom is -0.370 e. The van der Waals surface area contributed by atoms with Gasteiger partial charge in [-0.05, 0) is 11.0 Å². The molecule has 94 valence electrons. The van der Waals surface area contributed by atoms with Crippen LogP contribution < -0.4 is 5.73 Å². The molecule has 1 aromatic carbocycles. The van der Waals surface area contributed by atoms with Crippen molar-refractivity contribution in [3.8, 4) is 0 Å². The number of aliphatic imine (C=N–C) groups is 1. The number of hydrogen-bond acceptors (Lipinski definition) is 1. The quantitative estimate of drug-likeness (QED) is 0.643. The van der Waals surface area contributed by atoms with Gasteiger partial charge >= 0.3 is 0 Å². The van der Waals surface area contributed by atoms with Crippen molar-refractivity contribution in [2.75, 3.05) is 13.6 Å². The van der Waals surface area contributed by atoms with Crippen molar-refractivity contribution in [1.29, 1.82) is 0 Å². The second-order valence-electron chi connectivity index (χ2n) is 5.58. The molecule has 0 saturated heterocycles. The molecule has 1 rings (SSSR count). The van der Waals surface area contributed by atoms with Crippen LogP contribution in [0.4, 0.5) is 0 Å². The highest BCUT2D eigenvalue weighted by molar-refractivity contribution is 5.77. The van der Waals surface area contributed by atoms with Crippen molar-refractivity contribution < 1.29 is 0 Å². The smallest absolute Gasteiger partial charge is 0.191 e. The van der Waals surface area contributed by atoms with Gasteiger partial charge in [-0.25, -0.2) is 4.99 Å². The summed E-state index contributed by atoms with van der Waals surface area (Å²) in [6.07, 6.45) is 0. The van der Waals surface area contributed by atoms with Gasteiger partial charge in [-0.3, -0.25) is 0 Å². The van der Waals surface area contributed by atoms with E-state index in [1.807, 2.05) is 30.1 Å². The van der Waals surface area contributed by atoms with Crippen molar-refractivity contribution in [2.24, 2.45) is 16.1 Å². The Balaban J connectivity index is 2.55. The lowest BCUT2D eigenvalue weighted by molar-refractivity contribution is 0.303. The summed E-state index contributed by atoms with van der Waals surface area (Å²) in [5, 5.41) is 0. The van der Waals surface area contributed by atoms with Crippen LogP contribution in [0.1, 0.15) is 26.3 Å². The maximum atomic E-state index is 5.95. The molecule has 0 unspecified atom stereocenters. The summed E-state index contributed by atoms with van der Waals surface area (Å²) in [4.78, 5) is 6.40. The molecule has 17 heavy (non-hydrogen) atoms. The van der Waals surface area contributed by atoms with Crippen molar-refractivity contribution in [1.82, 2.24) is 4.90 Å². The predicted octanol–water partition coefficient (Wildman–Crippen LogP) is 2.48. The van der Waals surface area contributed by atoms with Crippen LogP contribution in [0.15, 0.2) is 35.3 Å². The van der Waals surface area contributed by atoms with Gasteiger partial charge in [-0.1, -0.05) is 51.1 Å². The SMILES string of the molecule is CN(CC(C)(C)C)C(N)=NCc1ccccc1. The summed E-state index contributed by atoms with van der Waals surface area (Å²) < 4.78 is 0. The zero-order chi connectivity index (χ0) is 12.9. The van der Waals surface area contributed by atoms with E-state index >= 15 is 0 Å². The van der Waals surface area contributed by atoms with Crippen molar-refractivity contribution >= 4 is 5.96 Å². The van der Waals surface area contributed by atoms with Gasteiger partial charge in [0, 0.05) is 13.6 Å². The highest BCUT2D eigenvalue weighted by Crippen LogP contribution is 2.13. The van der Waals surface area contributed by atoms with Crippen LogP contribution in [0.3, 0.4) is 0 Å². The van der Waals surface area contributed by atoms with E-state index in [-0.39, 0.29) is 5.41 Å². The summed E-state index contributed by atoms with van der Waals surface area (Å²) in [6.45, 7) is 8.11. The molecule has 0 aromatic heterocycles. The topological polar surface area (TPSA) is 41.6 Å². The molecule has 2 N–H and O–H groups in total. The molecule has 0 fully saturated rings. The van der Waals surface area contributed by atoms with Gasteiger partial charge in [0.1, 0.15) is 0 Å². The molecule has 0 bridgehead atoms. The number of nitrogens with zero attached hydrogens (tertiary/aromatic N) is 2. The first-order valence-electron chi connectivity index (χ1n) is 5.93. The predicted molar refractivity (Wildman–Crippen MR) is 73.9 cm³/mol. The van der Waals surface area contributed by atoms with Gasteiger partial charge in [-0.15, -0.1) is 0 Å². The van der Waals surface area contributed by atoms with Crippen LogP contribution in [0.2, 0.25) is 0 Å². The number of nitrogens with two attached hydrogens (primary N) is 1. The zero-order valence-corrected chi connectivity index (χ0v) is 11.3. The van der Waals surface area contributed by atoms with Crippen LogP contribution in [0.25, 0.3) is 0 Å². The fourth-order valence-electron chi connectivity index (χ4n) is 1.67. The van der Waals surface area contributed by atoms with Gasteiger partial charge in [0.05, 0.1) is 6.54 Å². The molecule has 0 amide bonds. The molecular formula is C14H23N3. The fraction of sp³-hybridized carbons (Fsp3) is 0.500. The van der Waals surface area contributed by atoms with Crippen molar-refractivity contribution in [3.63, 3.8) is 0 Å². The van der Waals surface area contributed by atoms with E-state index in [0.29, 0.717) is 12.5 Å². The first kappa shape index (κ1) is 13.6. The summed E-state index contributed by atoms with van der Waals surface area (Å²) in [6, 6.07) is 10.1. The van der Waals surface area contributed by atoms with E-state index in [9.17, 15) is 0 Å². The van der Waals surface area contributed by atoms with Crippen LogP contribution in [0, 0.1) is 5.41 Å². The first-order valence-corrected chi connectivity index (χ1v) is 5.93. The molecule has 0 radical (unpaired) electrons. The minimum absolute atomic E-state index is 0.224. The molecule has 1 aromatic rings. The molecule has 0 aliphatic heterocycles. The van der Waals surface area contributed by atoms with E-state index in [4.69, 9.17) is 5.73 Å². The Morgan fingerprint density at radius 2 is 1.82 bits per heavy atom. The average Bonchev–Trinajstić information content (AvgIpc) is 2.25. The molecule has 0 aliphatic rings. The van der Waals surface area contributed by atoms with Gasteiger partial charge in [-0.2, -0.15) is 0 Å². The second kappa shape index (κ2) is 5.71. The summed E-state index contributed by atoms with van der Waals surface area (Å²) >= 11 is 0. The Hall–Kier alpha value is -1.51. The van der Waals surface area contributed by atoms with Gasteiger partial charge < -0.3 is 10.6 Å². The third-order valence-electron chi connectivity index (χ3n) is 2.37. The van der Waals surface area contributed by atoms with E-state index < -0.39 is 0 Å². The molecule has 3 heteroatoms. The van der Waals surface area contributed by atoms with E-state index in [0.717, 1.165) is 6.54 Å². The fourth-order valence-corrected chi connectivity index (χ4v) is 1.67. The Labute approximate surface area is 104 Å². The van der Waals surface area contributed by atoms with Gasteiger partial charge in [0.2, 0.25) is 0 Å². The van der Waals surface area contributed by atoms with E-state index in [2.05, 4.69) is 37.9 Å². The van der Waals surface area contributed by atoms with Crippen LogP contribution in [-0.2, 0) is 6.54 Å². The highest BCUT2D eigenvalue weighted by atomic mass is 15.2. The van der Waals surface area contributed by atoms with Crippen molar-refractivity contribution in [3.05, 3.63) is 35.9 Å². The number of guanidine groups is 1. The molecule has 3 nitrogen and oxygen atoms in total. The lowest BCUT2D eigenvalue weighted by atomic mass is 9.96. The lowest BCUT2D eigenvalue weighted by Gasteiger charge is -2.27. The van der Waals surface area contributed by atoms with Gasteiger partial charge in [0.15, 0.2) is 5.96 Å². The number of rotatable bonds is 3. The summed E-state index contributed by atoms with van der Waals surface area (Å²) in [7, 11) is 1.98. The monoisotopic (exact) mass is 233 g/mol. The average molecular weight is 233 g/mol. The highest BCUT2D eigenvalue weighted by Gasteiger charge is 2.14. The maximum Gasteiger partial charge on any atom is 0.191 e. The Morgan fingerprint density at radius 3 is 2.35 bits per heavy atom. The van der Waals surface area contributed by atoms with Crippen LogP contribution in [0.5, 0.6) is 0 Å². The molecule has 0 spiro atoms. The first-order chi connectivity index (χ1) is 7.88. The number of hydrogen-bond donors (Lipinski definition) is 1. The van der Waals surface area contributed by atoms with Gasteiger partial charge in [0.25, 0.3) is 0 Å². The van der Waals surface area contributed by atoms with E-state index in [1.54, 1.807) is 0 Å². The van der Waals surface area contributed by atoms with Crippen LogP contribution >= 0.6 is 0 Å². The lowest BCUT2D eigenvalue weighted by Crippen LogP contribution is -2.39. The Kier molecular flexibility index (Phi) is 4.55. The maximum absolute atomic E-state index is 5.95. The zero-order valence-electron chi connectivity index (χ0n) is 11.3. The van der Waals surface area contributed by atoms with Crippen molar-refractivity contribution in [2.45, 2.75) is 27.3 Å². The largest absolute Gasteiger partial charge is 0.370 e. The normalized spacial score (nSPS) is 12.6. The third-order valence-corrected chi connectivity index (χ3v) is 2.37. The van der Waals surface area contributed by atoms with E-state index in [1.165, 1.54) is 5.56 Å². The molecular weight excluding hydrogens is 210 g/mol. The van der Waals surface area contributed by atoms with Crippen LogP contribution in [-0.4, -0.2) is 24.5 Å². The Morgan fingerprint density at radius 1 is 1.24 bits per heavy atom. The molecule has 0 aliphatic carbocycles. The summed E-state index contributed by atoms with van der Waals surface area (Å²) in [5.41, 5.74) is 7.35. The number of benzene rings is 1. The third kappa shape index (κ3) is 5.38.